The zero-order chi connectivity index (χ0) is 14.7. The lowest BCUT2D eigenvalue weighted by molar-refractivity contribution is 0.594. The fraction of sp³-hybridized carbons (Fsp3) is 0.333. The van der Waals surface area contributed by atoms with Crippen LogP contribution >= 0.6 is 0 Å². The first-order valence-electron chi connectivity index (χ1n) is 8.05. The van der Waals surface area contributed by atoms with Crippen molar-refractivity contribution in [2.24, 2.45) is 0 Å². The van der Waals surface area contributed by atoms with Gasteiger partial charge in [0.1, 0.15) is 0 Å². The van der Waals surface area contributed by atoms with Crippen molar-refractivity contribution in [2.45, 2.75) is 38.6 Å². The van der Waals surface area contributed by atoms with Gasteiger partial charge in [0.05, 0.1) is 11.4 Å². The third-order valence-corrected chi connectivity index (χ3v) is 5.06. The van der Waals surface area contributed by atoms with Crippen molar-refractivity contribution in [3.63, 3.8) is 0 Å². The van der Waals surface area contributed by atoms with Gasteiger partial charge in [-0.15, -0.1) is 0 Å². The van der Waals surface area contributed by atoms with Gasteiger partial charge in [0.2, 0.25) is 0 Å². The van der Waals surface area contributed by atoms with Crippen molar-refractivity contribution in [1.82, 2.24) is 14.5 Å². The molecule has 22 heavy (non-hydrogen) atoms. The van der Waals surface area contributed by atoms with E-state index in [4.69, 9.17) is 4.98 Å². The molecular weight excluding hydrogens is 274 g/mol. The van der Waals surface area contributed by atoms with E-state index in [0.29, 0.717) is 0 Å². The van der Waals surface area contributed by atoms with E-state index in [0.717, 1.165) is 66.9 Å². The van der Waals surface area contributed by atoms with Crippen molar-refractivity contribution in [3.8, 4) is 11.5 Å². The van der Waals surface area contributed by atoms with Crippen LogP contribution in [-0.2, 0) is 25.8 Å². The second-order valence-electron chi connectivity index (χ2n) is 6.30. The number of para-hydroxylation sites is 1. The second kappa shape index (κ2) is 4.32. The number of benzene rings is 1. The Hall–Kier alpha value is -2.36. The molecule has 0 bridgehead atoms. The molecular formula is C18H17N3O. The van der Waals surface area contributed by atoms with Crippen LogP contribution in [-0.4, -0.2) is 14.5 Å². The molecule has 4 heteroatoms. The first-order valence-corrected chi connectivity index (χ1v) is 8.05. The Morgan fingerprint density at radius 1 is 1.05 bits per heavy atom. The van der Waals surface area contributed by atoms with E-state index in [2.05, 4.69) is 23.2 Å². The van der Waals surface area contributed by atoms with E-state index in [1.165, 1.54) is 10.9 Å². The number of H-pyrrole nitrogens is 1. The van der Waals surface area contributed by atoms with Crippen molar-refractivity contribution in [3.05, 3.63) is 51.4 Å². The van der Waals surface area contributed by atoms with Gasteiger partial charge in [-0.2, -0.15) is 0 Å². The predicted octanol–water partition coefficient (Wildman–Crippen LogP) is 2.83. The number of fused-ring (bicyclic) bond motifs is 6. The Kier molecular flexibility index (Phi) is 2.40. The third-order valence-electron chi connectivity index (χ3n) is 5.06. The second-order valence-corrected chi connectivity index (χ2v) is 6.30. The summed E-state index contributed by atoms with van der Waals surface area (Å²) in [6.07, 6.45) is 4.98. The number of nitrogens with zero attached hydrogens (tertiary/aromatic N) is 2. The van der Waals surface area contributed by atoms with E-state index in [-0.39, 0.29) is 5.56 Å². The van der Waals surface area contributed by atoms with E-state index in [1.54, 1.807) is 0 Å². The molecule has 1 aliphatic heterocycles. The van der Waals surface area contributed by atoms with Gasteiger partial charge >= 0.3 is 0 Å². The highest BCUT2D eigenvalue weighted by Gasteiger charge is 2.26. The summed E-state index contributed by atoms with van der Waals surface area (Å²) in [5.74, 6) is 0.836. The van der Waals surface area contributed by atoms with Gasteiger partial charge in [-0.25, -0.2) is 4.98 Å². The van der Waals surface area contributed by atoms with Gasteiger partial charge in [0.25, 0.3) is 5.56 Å². The fourth-order valence-corrected chi connectivity index (χ4v) is 3.96. The van der Waals surface area contributed by atoms with Gasteiger partial charge in [0, 0.05) is 23.0 Å². The van der Waals surface area contributed by atoms with Crippen LogP contribution in [0.25, 0.3) is 22.4 Å². The number of hydrogen-bond acceptors (Lipinski definition) is 2. The molecule has 2 aliphatic rings. The van der Waals surface area contributed by atoms with Crippen LogP contribution in [0.1, 0.15) is 29.7 Å². The van der Waals surface area contributed by atoms with Gasteiger partial charge < -0.3 is 4.98 Å². The number of rotatable bonds is 0. The van der Waals surface area contributed by atoms with Crippen molar-refractivity contribution in [2.75, 3.05) is 0 Å². The summed E-state index contributed by atoms with van der Waals surface area (Å²) in [6, 6.07) is 8.35. The normalized spacial score (nSPS) is 16.2. The Morgan fingerprint density at radius 2 is 1.91 bits per heavy atom. The Morgan fingerprint density at radius 3 is 2.86 bits per heavy atom. The van der Waals surface area contributed by atoms with Crippen molar-refractivity contribution in [1.29, 1.82) is 0 Å². The molecule has 0 radical (unpaired) electrons. The lowest BCUT2D eigenvalue weighted by atomic mass is 9.96. The summed E-state index contributed by atoms with van der Waals surface area (Å²) in [5.41, 5.74) is 5.64. The minimum atomic E-state index is 0.184. The summed E-state index contributed by atoms with van der Waals surface area (Å²) >= 11 is 0. The maximum Gasteiger partial charge on any atom is 0.257 e. The highest BCUT2D eigenvalue weighted by molar-refractivity contribution is 5.90. The van der Waals surface area contributed by atoms with Crippen LogP contribution in [0, 0.1) is 0 Å². The lowest BCUT2D eigenvalue weighted by Crippen LogP contribution is -2.32. The van der Waals surface area contributed by atoms with Crippen LogP contribution in [0.15, 0.2) is 29.1 Å². The SMILES string of the molecule is O=c1c2c(nc3n1CCc1c-3[nH]c3ccccc13)CCCC2. The average Bonchev–Trinajstić information content (AvgIpc) is 2.94. The number of aromatic amines is 1. The van der Waals surface area contributed by atoms with Gasteiger partial charge in [-0.1, -0.05) is 18.2 Å². The molecule has 5 rings (SSSR count). The Balaban J connectivity index is 1.84. The van der Waals surface area contributed by atoms with Crippen LogP contribution in [0.4, 0.5) is 0 Å². The molecule has 0 amide bonds. The fourth-order valence-electron chi connectivity index (χ4n) is 3.96. The molecule has 3 aromatic rings. The number of aromatic nitrogens is 3. The highest BCUT2D eigenvalue weighted by Crippen LogP contribution is 2.33. The minimum absolute atomic E-state index is 0.184. The molecule has 1 aliphatic carbocycles. The maximum absolute atomic E-state index is 12.8. The molecule has 0 unspecified atom stereocenters. The Bertz CT molecular complexity index is 964. The van der Waals surface area contributed by atoms with E-state index in [1.807, 2.05) is 10.6 Å². The number of hydrogen-bond donors (Lipinski definition) is 1. The molecule has 1 N–H and O–H groups in total. The molecule has 1 aromatic carbocycles. The summed E-state index contributed by atoms with van der Waals surface area (Å²) in [7, 11) is 0. The molecule has 0 saturated carbocycles. The highest BCUT2D eigenvalue weighted by atomic mass is 16.1. The smallest absolute Gasteiger partial charge is 0.257 e. The molecule has 2 aromatic heterocycles. The molecule has 110 valence electrons. The molecule has 4 nitrogen and oxygen atoms in total. The molecule has 0 saturated heterocycles. The van der Waals surface area contributed by atoms with Gasteiger partial charge in [0.15, 0.2) is 5.82 Å². The lowest BCUT2D eigenvalue weighted by Gasteiger charge is -2.22. The third kappa shape index (κ3) is 1.52. The Labute approximate surface area is 127 Å². The van der Waals surface area contributed by atoms with E-state index >= 15 is 0 Å². The van der Waals surface area contributed by atoms with Crippen LogP contribution < -0.4 is 5.56 Å². The first-order chi connectivity index (χ1) is 10.8. The molecule has 0 spiro atoms. The zero-order valence-corrected chi connectivity index (χ0v) is 12.4. The van der Waals surface area contributed by atoms with Crippen molar-refractivity contribution < 1.29 is 0 Å². The average molecular weight is 291 g/mol. The summed E-state index contributed by atoms with van der Waals surface area (Å²) in [6.45, 7) is 0.739. The summed E-state index contributed by atoms with van der Waals surface area (Å²) in [5, 5.41) is 1.26. The molecule has 0 atom stereocenters. The monoisotopic (exact) mass is 291 g/mol. The summed E-state index contributed by atoms with van der Waals surface area (Å²) in [4.78, 5) is 21.2. The van der Waals surface area contributed by atoms with Crippen LogP contribution in [0.3, 0.4) is 0 Å². The number of aryl methyl sites for hydroxylation is 2. The standard InChI is InChI=1S/C18H17N3O/c22-18-13-6-2-4-8-15(13)20-17-16-12(9-10-21(17)18)11-5-1-3-7-14(11)19-16/h1,3,5,7,19H,2,4,6,8-10H2. The van der Waals surface area contributed by atoms with Gasteiger partial charge in [-0.05, 0) is 43.7 Å². The van der Waals surface area contributed by atoms with Gasteiger partial charge in [-0.3, -0.25) is 9.36 Å². The van der Waals surface area contributed by atoms with Crippen LogP contribution in [0.5, 0.6) is 0 Å². The summed E-state index contributed by atoms with van der Waals surface area (Å²) < 4.78 is 1.88. The minimum Gasteiger partial charge on any atom is -0.352 e. The van der Waals surface area contributed by atoms with Crippen LogP contribution in [0.2, 0.25) is 0 Å². The number of nitrogens with one attached hydrogen (secondary N) is 1. The predicted molar refractivity (Wildman–Crippen MR) is 86.1 cm³/mol. The molecule has 3 heterocycles. The topological polar surface area (TPSA) is 50.7 Å². The maximum atomic E-state index is 12.8. The quantitative estimate of drug-likeness (QED) is 0.692. The van der Waals surface area contributed by atoms with E-state index in [9.17, 15) is 4.79 Å². The zero-order valence-electron chi connectivity index (χ0n) is 12.4. The largest absolute Gasteiger partial charge is 0.352 e. The molecule has 0 fully saturated rings. The first kappa shape index (κ1) is 12.2. The van der Waals surface area contributed by atoms with Crippen molar-refractivity contribution >= 4 is 10.9 Å². The van der Waals surface area contributed by atoms with E-state index < -0.39 is 0 Å².